The summed E-state index contributed by atoms with van der Waals surface area (Å²) < 4.78 is 2.22. The van der Waals surface area contributed by atoms with Crippen LogP contribution in [-0.4, -0.2) is 20.7 Å². The minimum Gasteiger partial charge on any atom is -0.322 e. The van der Waals surface area contributed by atoms with Crippen LogP contribution >= 0.6 is 0 Å². The average Bonchev–Trinajstić information content (AvgIpc) is 2.91. The molecule has 0 saturated heterocycles. The fourth-order valence-electron chi connectivity index (χ4n) is 3.34. The quantitative estimate of drug-likeness (QED) is 0.772. The van der Waals surface area contributed by atoms with Gasteiger partial charge in [-0.05, 0) is 44.0 Å². The molecule has 0 bridgehead atoms. The summed E-state index contributed by atoms with van der Waals surface area (Å²) in [4.78, 5) is 12.5. The summed E-state index contributed by atoms with van der Waals surface area (Å²) in [6.07, 6.45) is 4.54. The Kier molecular flexibility index (Phi) is 4.52. The van der Waals surface area contributed by atoms with Gasteiger partial charge >= 0.3 is 0 Å². The Labute approximate surface area is 153 Å². The number of fused-ring (bicyclic) bond motifs is 1. The lowest BCUT2D eigenvalue weighted by Crippen LogP contribution is -2.12. The van der Waals surface area contributed by atoms with Gasteiger partial charge in [-0.3, -0.25) is 4.79 Å². The molecule has 0 spiro atoms. The maximum absolute atomic E-state index is 12.5. The fourth-order valence-corrected chi connectivity index (χ4v) is 3.34. The van der Waals surface area contributed by atoms with Crippen LogP contribution in [0.1, 0.15) is 41.0 Å². The Morgan fingerprint density at radius 2 is 1.88 bits per heavy atom. The minimum atomic E-state index is -0.109. The Morgan fingerprint density at radius 3 is 2.73 bits per heavy atom. The number of nitrogens with one attached hydrogen (secondary N) is 1. The molecule has 1 aliphatic heterocycles. The lowest BCUT2D eigenvalue weighted by Gasteiger charge is -2.09. The third kappa shape index (κ3) is 3.38. The van der Waals surface area contributed by atoms with Crippen molar-refractivity contribution in [1.82, 2.24) is 14.8 Å². The molecule has 0 unspecified atom stereocenters. The van der Waals surface area contributed by atoms with Crippen molar-refractivity contribution in [1.29, 1.82) is 0 Å². The van der Waals surface area contributed by atoms with E-state index in [-0.39, 0.29) is 5.91 Å². The number of carbonyl (C=O) groups excluding carboxylic acids is 1. The molecule has 26 heavy (non-hydrogen) atoms. The van der Waals surface area contributed by atoms with Gasteiger partial charge in [0.1, 0.15) is 5.82 Å². The second-order valence-corrected chi connectivity index (χ2v) is 6.80. The Morgan fingerprint density at radius 1 is 1.04 bits per heavy atom. The lowest BCUT2D eigenvalue weighted by atomic mass is 10.1. The monoisotopic (exact) mass is 346 g/mol. The number of aryl methyl sites for hydroxylation is 2. The van der Waals surface area contributed by atoms with Crippen LogP contribution in [0.2, 0.25) is 0 Å². The highest BCUT2D eigenvalue weighted by molar-refractivity contribution is 6.04. The summed E-state index contributed by atoms with van der Waals surface area (Å²) in [5.74, 6) is 1.84. The number of nitrogens with zero attached hydrogens (tertiary/aromatic N) is 3. The van der Waals surface area contributed by atoms with E-state index in [1.54, 1.807) is 0 Å². The molecule has 5 nitrogen and oxygen atoms in total. The first kappa shape index (κ1) is 16.5. The van der Waals surface area contributed by atoms with Gasteiger partial charge in [0.15, 0.2) is 5.82 Å². The van der Waals surface area contributed by atoms with Gasteiger partial charge in [0.05, 0.1) is 0 Å². The van der Waals surface area contributed by atoms with Crippen LogP contribution in [0.25, 0.3) is 11.4 Å². The van der Waals surface area contributed by atoms with E-state index in [0.717, 1.165) is 47.8 Å². The first-order chi connectivity index (χ1) is 12.7. The number of rotatable bonds is 3. The predicted octanol–water partition coefficient (Wildman–Crippen LogP) is 4.23. The van der Waals surface area contributed by atoms with E-state index in [1.165, 1.54) is 12.8 Å². The molecule has 132 valence electrons. The van der Waals surface area contributed by atoms with Crippen molar-refractivity contribution in [3.63, 3.8) is 0 Å². The van der Waals surface area contributed by atoms with Gasteiger partial charge < -0.3 is 9.88 Å². The van der Waals surface area contributed by atoms with Crippen molar-refractivity contribution in [2.75, 3.05) is 5.32 Å². The highest BCUT2D eigenvalue weighted by Gasteiger charge is 2.16. The molecule has 0 radical (unpaired) electrons. The van der Waals surface area contributed by atoms with Crippen molar-refractivity contribution in [2.24, 2.45) is 0 Å². The van der Waals surface area contributed by atoms with Gasteiger partial charge in [0.25, 0.3) is 5.91 Å². The third-order valence-electron chi connectivity index (χ3n) is 4.80. The van der Waals surface area contributed by atoms with Crippen LogP contribution in [-0.2, 0) is 13.0 Å². The molecule has 2 heterocycles. The summed E-state index contributed by atoms with van der Waals surface area (Å²) >= 11 is 0. The molecule has 2 aromatic carbocycles. The van der Waals surface area contributed by atoms with Crippen LogP contribution < -0.4 is 5.32 Å². The number of aromatic nitrogens is 3. The molecule has 1 N–H and O–H groups in total. The molecule has 5 heteroatoms. The van der Waals surface area contributed by atoms with E-state index >= 15 is 0 Å². The summed E-state index contributed by atoms with van der Waals surface area (Å²) in [5.41, 5.74) is 3.53. The number of benzene rings is 2. The van der Waals surface area contributed by atoms with Crippen molar-refractivity contribution < 1.29 is 4.79 Å². The second-order valence-electron chi connectivity index (χ2n) is 6.80. The first-order valence-corrected chi connectivity index (χ1v) is 9.11. The molecule has 0 atom stereocenters. The molecule has 3 aromatic rings. The first-order valence-electron chi connectivity index (χ1n) is 9.11. The highest BCUT2D eigenvalue weighted by Crippen LogP contribution is 2.25. The van der Waals surface area contributed by atoms with Gasteiger partial charge in [0, 0.05) is 29.8 Å². The average molecular weight is 346 g/mol. The van der Waals surface area contributed by atoms with Crippen molar-refractivity contribution in [3.05, 3.63) is 65.5 Å². The van der Waals surface area contributed by atoms with E-state index in [0.29, 0.717) is 5.56 Å². The largest absolute Gasteiger partial charge is 0.322 e. The fraction of sp³-hybridized carbons (Fsp3) is 0.286. The molecule has 1 amide bonds. The number of hydrogen-bond acceptors (Lipinski definition) is 3. The number of amides is 1. The number of carbonyl (C=O) groups is 1. The topological polar surface area (TPSA) is 59.8 Å². The number of anilines is 1. The summed E-state index contributed by atoms with van der Waals surface area (Å²) in [6.45, 7) is 2.96. The van der Waals surface area contributed by atoms with Gasteiger partial charge in [-0.15, -0.1) is 10.2 Å². The van der Waals surface area contributed by atoms with Gasteiger partial charge in [-0.25, -0.2) is 0 Å². The molecule has 4 rings (SSSR count). The second kappa shape index (κ2) is 7.12. The van der Waals surface area contributed by atoms with Crippen LogP contribution in [0.15, 0.2) is 48.5 Å². The molecule has 0 saturated carbocycles. The van der Waals surface area contributed by atoms with Crippen LogP contribution in [0.4, 0.5) is 5.69 Å². The smallest absolute Gasteiger partial charge is 0.255 e. The summed E-state index contributed by atoms with van der Waals surface area (Å²) in [7, 11) is 0. The standard InChI is InChI=1S/C21H22N4O/c1-15-9-11-16(12-10-15)21(26)22-18-7-5-6-17(14-18)20-24-23-19-8-3-2-4-13-25(19)20/h5-7,9-12,14H,2-4,8,13H2,1H3,(H,22,26). The van der Waals surface area contributed by atoms with E-state index in [9.17, 15) is 4.79 Å². The zero-order valence-electron chi connectivity index (χ0n) is 14.9. The zero-order valence-corrected chi connectivity index (χ0v) is 14.9. The summed E-state index contributed by atoms with van der Waals surface area (Å²) in [6, 6.07) is 15.4. The van der Waals surface area contributed by atoms with E-state index in [4.69, 9.17) is 0 Å². The third-order valence-corrected chi connectivity index (χ3v) is 4.80. The Hall–Kier alpha value is -2.95. The molecular formula is C21H22N4O. The van der Waals surface area contributed by atoms with E-state index < -0.39 is 0 Å². The zero-order chi connectivity index (χ0) is 17.9. The molecule has 1 aliphatic rings. The Bertz CT molecular complexity index is 927. The van der Waals surface area contributed by atoms with Gasteiger partial charge in [0.2, 0.25) is 0 Å². The van der Waals surface area contributed by atoms with Crippen molar-refractivity contribution >= 4 is 11.6 Å². The molecule has 0 aliphatic carbocycles. The van der Waals surface area contributed by atoms with E-state index in [2.05, 4.69) is 20.1 Å². The predicted molar refractivity (Wildman–Crippen MR) is 102 cm³/mol. The van der Waals surface area contributed by atoms with E-state index in [1.807, 2.05) is 55.5 Å². The molecular weight excluding hydrogens is 324 g/mol. The van der Waals surface area contributed by atoms with Crippen LogP contribution in [0.3, 0.4) is 0 Å². The van der Waals surface area contributed by atoms with Crippen LogP contribution in [0.5, 0.6) is 0 Å². The SMILES string of the molecule is Cc1ccc(C(=O)Nc2cccc(-c3nnc4n3CCCCC4)c2)cc1. The minimum absolute atomic E-state index is 0.109. The normalized spacial score (nSPS) is 13.7. The molecule has 0 fully saturated rings. The van der Waals surface area contributed by atoms with Crippen LogP contribution in [0, 0.1) is 6.92 Å². The summed E-state index contributed by atoms with van der Waals surface area (Å²) in [5, 5.41) is 11.7. The maximum atomic E-state index is 12.5. The maximum Gasteiger partial charge on any atom is 0.255 e. The number of hydrogen-bond donors (Lipinski definition) is 1. The lowest BCUT2D eigenvalue weighted by molar-refractivity contribution is 0.102. The van der Waals surface area contributed by atoms with Crippen molar-refractivity contribution in [3.8, 4) is 11.4 Å². The highest BCUT2D eigenvalue weighted by atomic mass is 16.1. The Balaban J connectivity index is 1.58. The van der Waals surface area contributed by atoms with Gasteiger partial charge in [-0.2, -0.15) is 0 Å². The van der Waals surface area contributed by atoms with Gasteiger partial charge in [-0.1, -0.05) is 36.2 Å². The molecule has 1 aromatic heterocycles. The van der Waals surface area contributed by atoms with Crippen molar-refractivity contribution in [2.45, 2.75) is 39.2 Å².